The minimum Gasteiger partial charge on any atom is -0.312 e. The summed E-state index contributed by atoms with van der Waals surface area (Å²) in [4.78, 5) is 2.53. The predicted molar refractivity (Wildman–Crippen MR) is 85.7 cm³/mol. The average Bonchev–Trinajstić information content (AvgIpc) is 2.43. The van der Waals surface area contributed by atoms with E-state index in [0.717, 1.165) is 28.5 Å². The van der Waals surface area contributed by atoms with Crippen LogP contribution in [-0.2, 0) is 6.54 Å². The summed E-state index contributed by atoms with van der Waals surface area (Å²) in [5.41, 5.74) is 1.28. The Balaban J connectivity index is 1.70. The molecule has 1 aromatic carbocycles. The van der Waals surface area contributed by atoms with E-state index >= 15 is 0 Å². The smallest absolute Gasteiger partial charge is 0.0548 e. The SMILES string of the molecule is CCN1CCC(CNCc2ccc(Cl)c(Br)c2)CC1. The maximum atomic E-state index is 5.99. The first-order valence-electron chi connectivity index (χ1n) is 7.06. The molecule has 19 heavy (non-hydrogen) atoms. The summed E-state index contributed by atoms with van der Waals surface area (Å²) in [5.74, 6) is 0.832. The van der Waals surface area contributed by atoms with Gasteiger partial charge in [0.1, 0.15) is 0 Å². The zero-order chi connectivity index (χ0) is 13.7. The van der Waals surface area contributed by atoms with Crippen molar-refractivity contribution in [3.63, 3.8) is 0 Å². The number of hydrogen-bond donors (Lipinski definition) is 1. The number of nitrogens with zero attached hydrogens (tertiary/aromatic N) is 1. The largest absolute Gasteiger partial charge is 0.312 e. The van der Waals surface area contributed by atoms with Crippen molar-refractivity contribution in [2.75, 3.05) is 26.2 Å². The molecule has 0 saturated carbocycles. The molecule has 106 valence electrons. The van der Waals surface area contributed by atoms with Gasteiger partial charge in [-0.15, -0.1) is 0 Å². The summed E-state index contributed by atoms with van der Waals surface area (Å²) in [6, 6.07) is 6.12. The predicted octanol–water partition coefficient (Wildman–Crippen LogP) is 3.92. The van der Waals surface area contributed by atoms with Gasteiger partial charge < -0.3 is 10.2 Å². The molecule has 0 spiro atoms. The summed E-state index contributed by atoms with van der Waals surface area (Å²) in [6.07, 6.45) is 2.65. The van der Waals surface area contributed by atoms with Crippen molar-refractivity contribution in [3.05, 3.63) is 33.3 Å². The molecule has 0 aliphatic carbocycles. The molecule has 1 fully saturated rings. The number of rotatable bonds is 5. The molecule has 4 heteroatoms. The highest BCUT2D eigenvalue weighted by molar-refractivity contribution is 9.10. The molecule has 1 heterocycles. The normalized spacial score (nSPS) is 17.8. The Morgan fingerprint density at radius 2 is 2.11 bits per heavy atom. The number of hydrogen-bond acceptors (Lipinski definition) is 2. The van der Waals surface area contributed by atoms with Crippen LogP contribution < -0.4 is 5.32 Å². The molecule has 1 aromatic rings. The van der Waals surface area contributed by atoms with Crippen molar-refractivity contribution >= 4 is 27.5 Å². The van der Waals surface area contributed by atoms with Crippen LogP contribution in [0, 0.1) is 5.92 Å². The van der Waals surface area contributed by atoms with Gasteiger partial charge in [-0.2, -0.15) is 0 Å². The number of halogens is 2. The zero-order valence-corrected chi connectivity index (χ0v) is 13.8. The highest BCUT2D eigenvalue weighted by atomic mass is 79.9. The van der Waals surface area contributed by atoms with Crippen LogP contribution in [0.25, 0.3) is 0 Å². The molecule has 0 unspecified atom stereocenters. The number of likely N-dealkylation sites (tertiary alicyclic amines) is 1. The van der Waals surface area contributed by atoms with Crippen LogP contribution in [0.15, 0.2) is 22.7 Å². The lowest BCUT2D eigenvalue weighted by Gasteiger charge is -2.31. The molecular weight excluding hydrogens is 324 g/mol. The molecule has 0 amide bonds. The Hall–Kier alpha value is -0.0900. The van der Waals surface area contributed by atoms with Gasteiger partial charge in [0.2, 0.25) is 0 Å². The van der Waals surface area contributed by atoms with Gasteiger partial charge in [0, 0.05) is 11.0 Å². The van der Waals surface area contributed by atoms with Crippen molar-refractivity contribution in [2.45, 2.75) is 26.3 Å². The first kappa shape index (κ1) is 15.3. The quantitative estimate of drug-likeness (QED) is 0.870. The van der Waals surface area contributed by atoms with E-state index in [4.69, 9.17) is 11.6 Å². The molecule has 2 rings (SSSR count). The van der Waals surface area contributed by atoms with Crippen LogP contribution >= 0.6 is 27.5 Å². The maximum absolute atomic E-state index is 5.99. The standard InChI is InChI=1S/C15H22BrClN2/c1-2-19-7-5-12(6-8-19)10-18-11-13-3-4-15(17)14(16)9-13/h3-4,9,12,18H,2,5-8,10-11H2,1H3. The van der Waals surface area contributed by atoms with Gasteiger partial charge >= 0.3 is 0 Å². The van der Waals surface area contributed by atoms with Crippen molar-refractivity contribution in [2.24, 2.45) is 5.92 Å². The van der Waals surface area contributed by atoms with Crippen molar-refractivity contribution in [1.82, 2.24) is 10.2 Å². The molecule has 2 nitrogen and oxygen atoms in total. The average molecular weight is 346 g/mol. The Morgan fingerprint density at radius 3 is 2.74 bits per heavy atom. The van der Waals surface area contributed by atoms with Crippen LogP contribution in [0.4, 0.5) is 0 Å². The van der Waals surface area contributed by atoms with E-state index in [2.05, 4.69) is 45.2 Å². The minimum atomic E-state index is 0.774. The lowest BCUT2D eigenvalue weighted by atomic mass is 9.97. The molecule has 0 radical (unpaired) electrons. The Bertz CT molecular complexity index is 403. The first-order valence-corrected chi connectivity index (χ1v) is 8.23. The van der Waals surface area contributed by atoms with Crippen LogP contribution in [0.1, 0.15) is 25.3 Å². The molecule has 0 aromatic heterocycles. The van der Waals surface area contributed by atoms with E-state index in [9.17, 15) is 0 Å². The fraction of sp³-hybridized carbons (Fsp3) is 0.600. The van der Waals surface area contributed by atoms with Gasteiger partial charge in [-0.05, 0) is 78.6 Å². The summed E-state index contributed by atoms with van der Waals surface area (Å²) in [6.45, 7) is 8.00. The van der Waals surface area contributed by atoms with E-state index < -0.39 is 0 Å². The highest BCUT2D eigenvalue weighted by Gasteiger charge is 2.17. The van der Waals surface area contributed by atoms with E-state index in [1.165, 1.54) is 38.0 Å². The fourth-order valence-corrected chi connectivity index (χ4v) is 3.12. The van der Waals surface area contributed by atoms with E-state index in [1.807, 2.05) is 6.07 Å². The van der Waals surface area contributed by atoms with Gasteiger partial charge in [0.15, 0.2) is 0 Å². The Kier molecular flexibility index (Phi) is 6.14. The van der Waals surface area contributed by atoms with Crippen LogP contribution in [-0.4, -0.2) is 31.1 Å². The van der Waals surface area contributed by atoms with Gasteiger partial charge in [0.25, 0.3) is 0 Å². The summed E-state index contributed by atoms with van der Waals surface area (Å²) in [5, 5.41) is 4.34. The van der Waals surface area contributed by atoms with E-state index in [0.29, 0.717) is 0 Å². The fourth-order valence-electron chi connectivity index (χ4n) is 2.58. The molecule has 1 aliphatic heterocycles. The second-order valence-electron chi connectivity index (χ2n) is 5.26. The molecule has 0 bridgehead atoms. The van der Waals surface area contributed by atoms with Crippen LogP contribution in [0.2, 0.25) is 5.02 Å². The number of nitrogens with one attached hydrogen (secondary N) is 1. The Morgan fingerprint density at radius 1 is 1.37 bits per heavy atom. The van der Waals surface area contributed by atoms with Gasteiger partial charge in [-0.1, -0.05) is 24.6 Å². The molecule has 0 atom stereocenters. The zero-order valence-electron chi connectivity index (χ0n) is 11.5. The molecular formula is C15H22BrClN2. The topological polar surface area (TPSA) is 15.3 Å². The van der Waals surface area contributed by atoms with Crippen LogP contribution in [0.3, 0.4) is 0 Å². The van der Waals surface area contributed by atoms with E-state index in [-0.39, 0.29) is 0 Å². The lowest BCUT2D eigenvalue weighted by Crippen LogP contribution is -2.36. The first-order chi connectivity index (χ1) is 9.19. The van der Waals surface area contributed by atoms with Gasteiger partial charge in [-0.25, -0.2) is 0 Å². The minimum absolute atomic E-state index is 0.774. The third kappa shape index (κ3) is 4.75. The number of benzene rings is 1. The van der Waals surface area contributed by atoms with Crippen molar-refractivity contribution < 1.29 is 0 Å². The number of piperidine rings is 1. The second kappa shape index (κ2) is 7.63. The third-order valence-corrected chi connectivity index (χ3v) is 5.11. The summed E-state index contributed by atoms with van der Waals surface area (Å²) >= 11 is 9.46. The van der Waals surface area contributed by atoms with Crippen LogP contribution in [0.5, 0.6) is 0 Å². The summed E-state index contributed by atoms with van der Waals surface area (Å²) in [7, 11) is 0. The monoisotopic (exact) mass is 344 g/mol. The van der Waals surface area contributed by atoms with E-state index in [1.54, 1.807) is 0 Å². The third-order valence-electron chi connectivity index (χ3n) is 3.90. The summed E-state index contributed by atoms with van der Waals surface area (Å²) < 4.78 is 0.977. The maximum Gasteiger partial charge on any atom is 0.0548 e. The molecule has 1 aliphatic rings. The van der Waals surface area contributed by atoms with Gasteiger partial charge in [0.05, 0.1) is 5.02 Å². The Labute approximate surface area is 129 Å². The lowest BCUT2D eigenvalue weighted by molar-refractivity contribution is 0.190. The molecule has 1 N–H and O–H groups in total. The van der Waals surface area contributed by atoms with Crippen molar-refractivity contribution in [1.29, 1.82) is 0 Å². The molecule has 1 saturated heterocycles. The second-order valence-corrected chi connectivity index (χ2v) is 6.52. The highest BCUT2D eigenvalue weighted by Crippen LogP contribution is 2.23. The van der Waals surface area contributed by atoms with Crippen molar-refractivity contribution in [3.8, 4) is 0 Å². The van der Waals surface area contributed by atoms with Gasteiger partial charge in [-0.3, -0.25) is 0 Å².